The number of pyridine rings is 1. The molecule has 1 aromatic carbocycles. The van der Waals surface area contributed by atoms with E-state index in [-0.39, 0.29) is 0 Å². The van der Waals surface area contributed by atoms with Crippen molar-refractivity contribution in [1.82, 2.24) is 4.98 Å². The molecule has 0 radical (unpaired) electrons. The van der Waals surface area contributed by atoms with Crippen LogP contribution < -0.4 is 4.74 Å². The van der Waals surface area contributed by atoms with Gasteiger partial charge in [-0.2, -0.15) is 0 Å². The van der Waals surface area contributed by atoms with E-state index in [1.807, 2.05) is 13.1 Å². The van der Waals surface area contributed by atoms with Gasteiger partial charge in [0, 0.05) is 29.5 Å². The molecule has 3 rings (SSSR count). The second-order valence-corrected chi connectivity index (χ2v) is 6.70. The lowest BCUT2D eigenvalue weighted by Crippen LogP contribution is -2.00. The molecule has 0 aliphatic carbocycles. The molecular formula is C18H20N2OS. The van der Waals surface area contributed by atoms with E-state index in [1.54, 1.807) is 18.9 Å². The fraction of sp³-hybridized carbons (Fsp3) is 0.333. The number of aromatic nitrogens is 1. The third kappa shape index (κ3) is 2.88. The van der Waals surface area contributed by atoms with Crippen LogP contribution in [0.2, 0.25) is 0 Å². The Hall–Kier alpha value is -1.81. The highest BCUT2D eigenvalue weighted by Gasteiger charge is 2.16. The fourth-order valence-corrected chi connectivity index (χ4v) is 3.73. The van der Waals surface area contributed by atoms with E-state index in [0.29, 0.717) is 0 Å². The van der Waals surface area contributed by atoms with Crippen molar-refractivity contribution in [2.75, 3.05) is 7.11 Å². The summed E-state index contributed by atoms with van der Waals surface area (Å²) >= 11 is 1.77. The molecule has 1 aromatic heterocycles. The predicted octanol–water partition coefficient (Wildman–Crippen LogP) is 4.53. The molecule has 1 aliphatic rings. The van der Waals surface area contributed by atoms with Crippen molar-refractivity contribution >= 4 is 22.5 Å². The number of ether oxygens (including phenoxy) is 1. The van der Waals surface area contributed by atoms with E-state index in [2.05, 4.69) is 37.0 Å². The summed E-state index contributed by atoms with van der Waals surface area (Å²) in [6.45, 7) is 6.20. The molecule has 0 N–H and O–H groups in total. The van der Waals surface area contributed by atoms with Gasteiger partial charge in [0.2, 0.25) is 0 Å². The fourth-order valence-electron chi connectivity index (χ4n) is 2.72. The van der Waals surface area contributed by atoms with Crippen molar-refractivity contribution < 1.29 is 4.74 Å². The molecule has 114 valence electrons. The Labute approximate surface area is 135 Å². The van der Waals surface area contributed by atoms with E-state index in [9.17, 15) is 0 Å². The smallest absolute Gasteiger partial charge is 0.128 e. The SMILES string of the molecule is COc1c(C)cnc(CSC2=Nc3cc(C)ccc3C2)c1C. The number of nitrogens with zero attached hydrogens (tertiary/aromatic N) is 2. The molecule has 0 unspecified atom stereocenters. The van der Waals surface area contributed by atoms with Gasteiger partial charge in [-0.3, -0.25) is 4.98 Å². The average Bonchev–Trinajstić information content (AvgIpc) is 2.89. The van der Waals surface area contributed by atoms with Gasteiger partial charge in [-0.05, 0) is 38.0 Å². The predicted molar refractivity (Wildman–Crippen MR) is 93.5 cm³/mol. The Morgan fingerprint density at radius 3 is 2.82 bits per heavy atom. The lowest BCUT2D eigenvalue weighted by Gasteiger charge is -2.11. The summed E-state index contributed by atoms with van der Waals surface area (Å²) in [5.74, 6) is 1.77. The quantitative estimate of drug-likeness (QED) is 0.835. The number of thioether (sulfide) groups is 1. The molecule has 22 heavy (non-hydrogen) atoms. The molecule has 2 heterocycles. The van der Waals surface area contributed by atoms with Gasteiger partial charge < -0.3 is 4.74 Å². The minimum Gasteiger partial charge on any atom is -0.496 e. The second kappa shape index (κ2) is 6.13. The van der Waals surface area contributed by atoms with Crippen LogP contribution in [0.5, 0.6) is 5.75 Å². The van der Waals surface area contributed by atoms with Crippen LogP contribution >= 0.6 is 11.8 Å². The van der Waals surface area contributed by atoms with Gasteiger partial charge in [0.1, 0.15) is 5.75 Å². The Kier molecular flexibility index (Phi) is 4.21. The first-order valence-corrected chi connectivity index (χ1v) is 8.36. The Bertz CT molecular complexity index is 753. The molecule has 1 aliphatic heterocycles. The largest absolute Gasteiger partial charge is 0.496 e. The number of benzene rings is 1. The zero-order chi connectivity index (χ0) is 15.7. The summed E-state index contributed by atoms with van der Waals surface area (Å²) in [6.07, 6.45) is 2.82. The minimum atomic E-state index is 0.828. The molecule has 0 amide bonds. The first-order chi connectivity index (χ1) is 10.6. The normalized spacial score (nSPS) is 13.0. The van der Waals surface area contributed by atoms with Crippen LogP contribution in [-0.4, -0.2) is 17.1 Å². The Balaban J connectivity index is 1.74. The highest BCUT2D eigenvalue weighted by Crippen LogP contribution is 2.33. The number of rotatable bonds is 3. The molecule has 0 saturated heterocycles. The molecule has 0 bridgehead atoms. The maximum Gasteiger partial charge on any atom is 0.128 e. The Morgan fingerprint density at radius 1 is 1.23 bits per heavy atom. The van der Waals surface area contributed by atoms with Crippen LogP contribution in [0.25, 0.3) is 0 Å². The lowest BCUT2D eigenvalue weighted by molar-refractivity contribution is 0.407. The van der Waals surface area contributed by atoms with E-state index >= 15 is 0 Å². The highest BCUT2D eigenvalue weighted by molar-refractivity contribution is 8.13. The van der Waals surface area contributed by atoms with Crippen LogP contribution in [0, 0.1) is 20.8 Å². The topological polar surface area (TPSA) is 34.5 Å². The maximum absolute atomic E-state index is 5.47. The number of aryl methyl sites for hydroxylation is 2. The minimum absolute atomic E-state index is 0.828. The van der Waals surface area contributed by atoms with Crippen molar-refractivity contribution in [1.29, 1.82) is 0 Å². The van der Waals surface area contributed by atoms with E-state index in [4.69, 9.17) is 9.73 Å². The van der Waals surface area contributed by atoms with Crippen molar-refractivity contribution in [2.45, 2.75) is 32.9 Å². The summed E-state index contributed by atoms with van der Waals surface area (Å²) in [7, 11) is 1.71. The number of aliphatic imine (C=N–C) groups is 1. The summed E-state index contributed by atoms with van der Waals surface area (Å²) in [5, 5.41) is 1.17. The van der Waals surface area contributed by atoms with E-state index < -0.39 is 0 Å². The van der Waals surface area contributed by atoms with E-state index in [1.165, 1.54) is 16.2 Å². The number of hydrogen-bond donors (Lipinski definition) is 0. The lowest BCUT2D eigenvalue weighted by atomic mass is 10.1. The van der Waals surface area contributed by atoms with Crippen molar-refractivity contribution in [3.8, 4) is 5.75 Å². The van der Waals surface area contributed by atoms with E-state index in [0.717, 1.165) is 40.4 Å². The standard InChI is InChI=1S/C18H20N2OS/c1-11-5-6-14-8-17(20-15(14)7-11)22-10-16-13(3)18(21-4)12(2)9-19-16/h5-7,9H,8,10H2,1-4H3. The van der Waals surface area contributed by atoms with Gasteiger partial charge in [0.15, 0.2) is 0 Å². The van der Waals surface area contributed by atoms with Gasteiger partial charge in [0.25, 0.3) is 0 Å². The van der Waals surface area contributed by atoms with Gasteiger partial charge >= 0.3 is 0 Å². The van der Waals surface area contributed by atoms with Gasteiger partial charge in [-0.15, -0.1) is 11.8 Å². The van der Waals surface area contributed by atoms with Gasteiger partial charge in [-0.25, -0.2) is 4.99 Å². The third-order valence-electron chi connectivity index (χ3n) is 3.95. The molecule has 0 atom stereocenters. The molecule has 0 saturated carbocycles. The monoisotopic (exact) mass is 312 g/mol. The molecule has 0 fully saturated rings. The summed E-state index contributed by atoms with van der Waals surface area (Å²) in [4.78, 5) is 9.29. The maximum atomic E-state index is 5.47. The first kappa shape index (κ1) is 15.1. The molecule has 4 heteroatoms. The van der Waals surface area contributed by atoms with Crippen molar-refractivity contribution in [3.63, 3.8) is 0 Å². The average molecular weight is 312 g/mol. The van der Waals surface area contributed by atoms with Crippen LogP contribution in [0.4, 0.5) is 5.69 Å². The zero-order valence-electron chi connectivity index (χ0n) is 13.4. The number of hydrogen-bond acceptors (Lipinski definition) is 4. The number of methoxy groups -OCH3 is 1. The van der Waals surface area contributed by atoms with Crippen LogP contribution in [-0.2, 0) is 12.2 Å². The van der Waals surface area contributed by atoms with Crippen LogP contribution in [0.3, 0.4) is 0 Å². The highest BCUT2D eigenvalue weighted by atomic mass is 32.2. The number of fused-ring (bicyclic) bond motifs is 1. The molecule has 3 nitrogen and oxygen atoms in total. The molecule has 0 spiro atoms. The first-order valence-electron chi connectivity index (χ1n) is 7.37. The second-order valence-electron chi connectivity index (χ2n) is 5.65. The molecular weight excluding hydrogens is 292 g/mol. The van der Waals surface area contributed by atoms with Gasteiger partial charge in [-0.1, -0.05) is 12.1 Å². The third-order valence-corrected chi connectivity index (χ3v) is 4.94. The van der Waals surface area contributed by atoms with Crippen molar-refractivity contribution in [2.24, 2.45) is 4.99 Å². The van der Waals surface area contributed by atoms with Crippen LogP contribution in [0.15, 0.2) is 29.4 Å². The summed E-state index contributed by atoms with van der Waals surface area (Å²) < 4.78 is 5.47. The van der Waals surface area contributed by atoms with Crippen LogP contribution in [0.1, 0.15) is 27.9 Å². The Morgan fingerprint density at radius 2 is 2.05 bits per heavy atom. The molecule has 2 aromatic rings. The summed E-state index contributed by atoms with van der Waals surface area (Å²) in [6, 6.07) is 6.49. The summed E-state index contributed by atoms with van der Waals surface area (Å²) in [5.41, 5.74) is 6.97. The zero-order valence-corrected chi connectivity index (χ0v) is 14.3. The van der Waals surface area contributed by atoms with Crippen molar-refractivity contribution in [3.05, 3.63) is 52.3 Å². The van der Waals surface area contributed by atoms with Gasteiger partial charge in [0.05, 0.1) is 23.5 Å².